The van der Waals surface area contributed by atoms with Gasteiger partial charge in [-0.25, -0.2) is 0 Å². The van der Waals surface area contributed by atoms with E-state index in [1.165, 1.54) is 25.7 Å². The van der Waals surface area contributed by atoms with Gasteiger partial charge < -0.3 is 4.74 Å². The fraction of sp³-hybridized carbons (Fsp3) is 0.667. The second kappa shape index (κ2) is 9.95. The van der Waals surface area contributed by atoms with E-state index in [2.05, 4.69) is 62.3 Å². The van der Waals surface area contributed by atoms with Gasteiger partial charge >= 0.3 is 0 Å². The molecule has 0 aromatic rings. The Kier molecular flexibility index (Phi) is 8.56. The van der Waals surface area contributed by atoms with Crippen LogP contribution < -0.4 is 0 Å². The van der Waals surface area contributed by atoms with E-state index < -0.39 is 0 Å². The van der Waals surface area contributed by atoms with Gasteiger partial charge in [0.2, 0.25) is 0 Å². The fourth-order valence-corrected chi connectivity index (χ4v) is 2.71. The fourth-order valence-electron chi connectivity index (χ4n) is 2.71. The zero-order valence-electron chi connectivity index (χ0n) is 13.6. The summed E-state index contributed by atoms with van der Waals surface area (Å²) in [5, 5.41) is 0. The number of methoxy groups -OCH3 is 1. The minimum absolute atomic E-state index is 0.377. The molecule has 1 heterocycles. The third-order valence-electron chi connectivity index (χ3n) is 4.28. The molecular weight excluding hydrogens is 246 g/mol. The van der Waals surface area contributed by atoms with Gasteiger partial charge in [0.15, 0.2) is 0 Å². The normalized spacial score (nSPS) is 29.1. The lowest BCUT2D eigenvalue weighted by Crippen LogP contribution is -2.49. The predicted octanol–water partition coefficient (Wildman–Crippen LogP) is 4.34. The maximum Gasteiger partial charge on any atom is 0.0724 e. The number of likely N-dealkylation sites (N-methyl/N-ethyl adjacent to an activating group) is 1. The standard InChI is InChI=1S/C18H31NO/c1-5-6-7-8-9-10-11-12-13-17-14-15-18(20-4)16(2)19(17)3/h8-13,16-18H,5-7,14-15H2,1-4H3. The summed E-state index contributed by atoms with van der Waals surface area (Å²) >= 11 is 0. The lowest BCUT2D eigenvalue weighted by Gasteiger charge is -2.41. The molecule has 1 rings (SSSR count). The average molecular weight is 277 g/mol. The molecule has 0 saturated carbocycles. The largest absolute Gasteiger partial charge is 0.380 e. The van der Waals surface area contributed by atoms with E-state index >= 15 is 0 Å². The predicted molar refractivity (Wildman–Crippen MR) is 88.0 cm³/mol. The van der Waals surface area contributed by atoms with Gasteiger partial charge in [-0.2, -0.15) is 0 Å². The Morgan fingerprint density at radius 1 is 1.15 bits per heavy atom. The highest BCUT2D eigenvalue weighted by molar-refractivity contribution is 5.13. The Labute approximate surface area is 125 Å². The van der Waals surface area contributed by atoms with E-state index in [1.807, 2.05) is 7.11 Å². The Morgan fingerprint density at radius 2 is 1.90 bits per heavy atom. The summed E-state index contributed by atoms with van der Waals surface area (Å²) < 4.78 is 5.52. The smallest absolute Gasteiger partial charge is 0.0724 e. The van der Waals surface area contributed by atoms with Crippen molar-refractivity contribution in [3.8, 4) is 0 Å². The van der Waals surface area contributed by atoms with Crippen molar-refractivity contribution in [1.29, 1.82) is 0 Å². The number of hydrogen-bond acceptors (Lipinski definition) is 2. The van der Waals surface area contributed by atoms with Crippen LogP contribution in [0, 0.1) is 0 Å². The third-order valence-corrected chi connectivity index (χ3v) is 4.28. The summed E-state index contributed by atoms with van der Waals surface area (Å²) in [6.07, 6.45) is 19.6. The van der Waals surface area contributed by atoms with Crippen LogP contribution in [0.5, 0.6) is 0 Å². The van der Waals surface area contributed by atoms with E-state index in [0.29, 0.717) is 18.2 Å². The van der Waals surface area contributed by atoms with Crippen LogP contribution in [-0.4, -0.2) is 37.2 Å². The van der Waals surface area contributed by atoms with Crippen LogP contribution in [0.25, 0.3) is 0 Å². The van der Waals surface area contributed by atoms with Crippen LogP contribution in [-0.2, 0) is 4.74 Å². The Morgan fingerprint density at radius 3 is 2.60 bits per heavy atom. The Balaban J connectivity index is 2.35. The van der Waals surface area contributed by atoms with Crippen LogP contribution in [0.15, 0.2) is 36.5 Å². The Bertz CT molecular complexity index is 332. The van der Waals surface area contributed by atoms with Crippen molar-refractivity contribution < 1.29 is 4.74 Å². The molecule has 114 valence electrons. The number of piperidine rings is 1. The molecule has 20 heavy (non-hydrogen) atoms. The second-order valence-electron chi connectivity index (χ2n) is 5.67. The lowest BCUT2D eigenvalue weighted by atomic mass is 9.94. The molecule has 1 saturated heterocycles. The summed E-state index contributed by atoms with van der Waals surface area (Å²) in [5.74, 6) is 0. The van der Waals surface area contributed by atoms with Crippen LogP contribution in [0.1, 0.15) is 46.0 Å². The summed E-state index contributed by atoms with van der Waals surface area (Å²) in [6.45, 7) is 4.47. The van der Waals surface area contributed by atoms with Gasteiger partial charge in [-0.3, -0.25) is 4.90 Å². The molecular formula is C18H31NO. The lowest BCUT2D eigenvalue weighted by molar-refractivity contribution is -0.0148. The van der Waals surface area contributed by atoms with Crippen molar-refractivity contribution in [2.45, 2.75) is 64.1 Å². The first-order valence-electron chi connectivity index (χ1n) is 7.95. The van der Waals surface area contributed by atoms with Gasteiger partial charge in [-0.05, 0) is 33.2 Å². The van der Waals surface area contributed by atoms with Gasteiger partial charge in [0.25, 0.3) is 0 Å². The molecule has 0 amide bonds. The van der Waals surface area contributed by atoms with Crippen LogP contribution in [0.4, 0.5) is 0 Å². The van der Waals surface area contributed by atoms with E-state index in [-0.39, 0.29) is 0 Å². The van der Waals surface area contributed by atoms with E-state index in [0.717, 1.165) is 6.42 Å². The van der Waals surface area contributed by atoms with Crippen molar-refractivity contribution >= 4 is 0 Å². The third kappa shape index (κ3) is 5.64. The molecule has 3 unspecified atom stereocenters. The molecule has 3 atom stereocenters. The molecule has 2 nitrogen and oxygen atoms in total. The van der Waals surface area contributed by atoms with Crippen LogP contribution in [0.3, 0.4) is 0 Å². The van der Waals surface area contributed by atoms with Gasteiger partial charge in [-0.1, -0.05) is 56.2 Å². The first-order chi connectivity index (χ1) is 9.70. The molecule has 0 N–H and O–H groups in total. The van der Waals surface area contributed by atoms with E-state index in [4.69, 9.17) is 4.74 Å². The number of hydrogen-bond donors (Lipinski definition) is 0. The van der Waals surface area contributed by atoms with Crippen LogP contribution in [0.2, 0.25) is 0 Å². The van der Waals surface area contributed by atoms with Gasteiger partial charge in [0.05, 0.1) is 6.10 Å². The SMILES string of the molecule is CCCCC=CC=CC=CC1CCC(OC)C(C)N1C. The van der Waals surface area contributed by atoms with Crippen molar-refractivity contribution in [2.75, 3.05) is 14.2 Å². The molecule has 0 aliphatic carbocycles. The van der Waals surface area contributed by atoms with Crippen molar-refractivity contribution in [3.63, 3.8) is 0 Å². The monoisotopic (exact) mass is 277 g/mol. The molecule has 0 spiro atoms. The average Bonchev–Trinajstić information content (AvgIpc) is 2.46. The first-order valence-corrected chi connectivity index (χ1v) is 7.95. The number of unbranched alkanes of at least 4 members (excludes halogenated alkanes) is 2. The number of ether oxygens (including phenoxy) is 1. The molecule has 1 fully saturated rings. The number of nitrogens with zero attached hydrogens (tertiary/aromatic N) is 1. The summed E-state index contributed by atoms with van der Waals surface area (Å²) in [5.41, 5.74) is 0. The zero-order valence-corrected chi connectivity index (χ0v) is 13.6. The van der Waals surface area contributed by atoms with E-state index in [9.17, 15) is 0 Å². The van der Waals surface area contributed by atoms with E-state index in [1.54, 1.807) is 0 Å². The molecule has 0 radical (unpaired) electrons. The summed E-state index contributed by atoms with van der Waals surface area (Å²) in [4.78, 5) is 2.42. The molecule has 0 aromatic carbocycles. The highest BCUT2D eigenvalue weighted by atomic mass is 16.5. The topological polar surface area (TPSA) is 12.5 Å². The number of likely N-dealkylation sites (tertiary alicyclic amines) is 1. The van der Waals surface area contributed by atoms with Gasteiger partial charge in [0.1, 0.15) is 0 Å². The minimum Gasteiger partial charge on any atom is -0.380 e. The summed E-state index contributed by atoms with van der Waals surface area (Å²) in [6, 6.07) is 1.02. The maximum atomic E-state index is 5.52. The quantitative estimate of drug-likeness (QED) is 0.507. The van der Waals surface area contributed by atoms with Gasteiger partial charge in [-0.15, -0.1) is 0 Å². The molecule has 0 aromatic heterocycles. The molecule has 1 aliphatic rings. The number of allylic oxidation sites excluding steroid dienone is 5. The highest BCUT2D eigenvalue weighted by Crippen LogP contribution is 2.24. The van der Waals surface area contributed by atoms with Crippen molar-refractivity contribution in [2.24, 2.45) is 0 Å². The Hall–Kier alpha value is -0.860. The molecule has 1 aliphatic heterocycles. The zero-order chi connectivity index (χ0) is 14.8. The molecule has 0 bridgehead atoms. The van der Waals surface area contributed by atoms with Crippen molar-refractivity contribution in [1.82, 2.24) is 4.90 Å². The highest BCUT2D eigenvalue weighted by Gasteiger charge is 2.30. The second-order valence-corrected chi connectivity index (χ2v) is 5.67. The van der Waals surface area contributed by atoms with Gasteiger partial charge in [0, 0.05) is 19.2 Å². The van der Waals surface area contributed by atoms with Crippen LogP contribution >= 0.6 is 0 Å². The first kappa shape index (κ1) is 17.2. The molecule has 2 heteroatoms. The van der Waals surface area contributed by atoms with Crippen molar-refractivity contribution in [3.05, 3.63) is 36.5 Å². The minimum atomic E-state index is 0.377. The maximum absolute atomic E-state index is 5.52. The number of rotatable bonds is 7. The summed E-state index contributed by atoms with van der Waals surface area (Å²) in [7, 11) is 4.01.